The van der Waals surface area contributed by atoms with Crippen LogP contribution in [0.1, 0.15) is 25.3 Å². The molecule has 2 N–H and O–H groups in total. The summed E-state index contributed by atoms with van der Waals surface area (Å²) in [4.78, 5) is 38.9. The van der Waals surface area contributed by atoms with Crippen LogP contribution in [0.3, 0.4) is 0 Å². The number of hydrogen-bond donors (Lipinski definition) is 2. The van der Waals surface area contributed by atoms with Crippen LogP contribution >= 0.6 is 23.2 Å². The van der Waals surface area contributed by atoms with E-state index in [1.165, 1.54) is 25.2 Å². The summed E-state index contributed by atoms with van der Waals surface area (Å²) in [5.41, 5.74) is -0.0446. The number of aryl methyl sites for hydroxylation is 1. The Hall–Kier alpha value is -2.76. The number of halogens is 2. The van der Waals surface area contributed by atoms with Crippen molar-refractivity contribution < 1.29 is 18.0 Å². The number of nitrogens with zero attached hydrogens (tertiary/aromatic N) is 3. The van der Waals surface area contributed by atoms with Crippen LogP contribution in [0.15, 0.2) is 37.9 Å². The molecule has 10 nitrogen and oxygen atoms in total. The zero-order valence-corrected chi connectivity index (χ0v) is 18.9. The maximum atomic E-state index is 13.2. The first kappa shape index (κ1) is 22.9. The van der Waals surface area contributed by atoms with Crippen molar-refractivity contribution >= 4 is 56.4 Å². The van der Waals surface area contributed by atoms with Gasteiger partial charge in [0.1, 0.15) is 11.4 Å². The van der Waals surface area contributed by atoms with E-state index in [1.807, 2.05) is 0 Å². The van der Waals surface area contributed by atoms with Crippen molar-refractivity contribution in [2.75, 3.05) is 11.9 Å². The molecule has 0 aliphatic carbocycles. The first-order chi connectivity index (χ1) is 14.4. The SMILES string of the molecule is CC(C)c1cc(S(=O)(=O)c2c(Cl)cc(NC(=O)C3=NCC(=O)N3)cc2Cl)nn(C)c1=O. The molecule has 1 aromatic carbocycles. The van der Waals surface area contributed by atoms with Gasteiger partial charge in [-0.3, -0.25) is 19.4 Å². The average molecular weight is 486 g/mol. The molecule has 31 heavy (non-hydrogen) atoms. The molecule has 0 atom stereocenters. The molecule has 2 heterocycles. The van der Waals surface area contributed by atoms with Crippen LogP contribution in [-0.4, -0.2) is 42.4 Å². The first-order valence-electron chi connectivity index (χ1n) is 8.90. The molecule has 0 bridgehead atoms. The fourth-order valence-corrected chi connectivity index (χ4v) is 5.27. The number of rotatable bonds is 5. The minimum Gasteiger partial charge on any atom is -0.319 e. The molecule has 1 aliphatic rings. The van der Waals surface area contributed by atoms with Gasteiger partial charge in [0.05, 0.1) is 10.0 Å². The molecular weight excluding hydrogens is 469 g/mol. The van der Waals surface area contributed by atoms with E-state index in [0.29, 0.717) is 0 Å². The molecule has 1 aromatic heterocycles. The maximum Gasteiger partial charge on any atom is 0.291 e. The van der Waals surface area contributed by atoms with E-state index in [2.05, 4.69) is 20.7 Å². The topological polar surface area (TPSA) is 140 Å². The Kier molecular flexibility index (Phi) is 6.21. The van der Waals surface area contributed by atoms with E-state index in [-0.39, 0.29) is 44.6 Å². The second-order valence-corrected chi connectivity index (χ2v) is 9.61. The van der Waals surface area contributed by atoms with Crippen LogP contribution in [0.5, 0.6) is 0 Å². The molecule has 3 rings (SSSR count). The molecule has 0 fully saturated rings. The fraction of sp³-hybridized carbons (Fsp3) is 0.278. The molecule has 164 valence electrons. The molecule has 0 saturated heterocycles. The van der Waals surface area contributed by atoms with Gasteiger partial charge in [-0.1, -0.05) is 37.0 Å². The highest BCUT2D eigenvalue weighted by Crippen LogP contribution is 2.36. The number of benzene rings is 1. The number of amides is 2. The molecule has 0 saturated carbocycles. The Morgan fingerprint density at radius 3 is 2.32 bits per heavy atom. The second kappa shape index (κ2) is 8.40. The lowest BCUT2D eigenvalue weighted by Crippen LogP contribution is -2.34. The van der Waals surface area contributed by atoms with Crippen LogP contribution in [0.25, 0.3) is 0 Å². The van der Waals surface area contributed by atoms with Crippen molar-refractivity contribution in [1.82, 2.24) is 15.1 Å². The molecule has 1 aliphatic heterocycles. The van der Waals surface area contributed by atoms with Crippen molar-refractivity contribution in [1.29, 1.82) is 0 Å². The number of carbonyl (C=O) groups excluding carboxylic acids is 2. The van der Waals surface area contributed by atoms with E-state index >= 15 is 0 Å². The van der Waals surface area contributed by atoms with E-state index in [4.69, 9.17) is 23.2 Å². The van der Waals surface area contributed by atoms with Crippen LogP contribution in [0, 0.1) is 0 Å². The summed E-state index contributed by atoms with van der Waals surface area (Å²) in [6.45, 7) is 3.34. The Labute approximate surface area is 187 Å². The first-order valence-corrected chi connectivity index (χ1v) is 11.1. The standard InChI is InChI=1S/C18H17Cl2N5O5S/c1-8(2)10-6-14(24-25(3)18(10)28)31(29,30)15-11(19)4-9(5-12(15)20)22-17(27)16-21-7-13(26)23-16/h4-6,8H,7H2,1-3H3,(H,22,27)(H,21,23,26). The van der Waals surface area contributed by atoms with Crippen molar-refractivity contribution in [3.63, 3.8) is 0 Å². The number of hydrogen-bond acceptors (Lipinski definition) is 7. The molecule has 0 unspecified atom stereocenters. The summed E-state index contributed by atoms with van der Waals surface area (Å²) < 4.78 is 27.3. The van der Waals surface area contributed by atoms with Crippen LogP contribution in [0.2, 0.25) is 10.0 Å². The average Bonchev–Trinajstić information content (AvgIpc) is 3.09. The van der Waals surface area contributed by atoms with Gasteiger partial charge >= 0.3 is 0 Å². The number of anilines is 1. The Morgan fingerprint density at radius 1 is 1.19 bits per heavy atom. The second-order valence-electron chi connectivity index (χ2n) is 6.96. The monoisotopic (exact) mass is 485 g/mol. The molecule has 2 aromatic rings. The van der Waals surface area contributed by atoms with Crippen molar-refractivity contribution in [2.24, 2.45) is 12.0 Å². The van der Waals surface area contributed by atoms with Gasteiger partial charge in [0.25, 0.3) is 11.5 Å². The number of aromatic nitrogens is 2. The van der Waals surface area contributed by atoms with E-state index < -0.39 is 32.1 Å². The predicted molar refractivity (Wildman–Crippen MR) is 115 cm³/mol. The summed E-state index contributed by atoms with van der Waals surface area (Å²) in [6, 6.07) is 3.59. The maximum absolute atomic E-state index is 13.2. The van der Waals surface area contributed by atoms with E-state index in [0.717, 1.165) is 4.68 Å². The van der Waals surface area contributed by atoms with Gasteiger partial charge in [0.2, 0.25) is 15.7 Å². The summed E-state index contributed by atoms with van der Waals surface area (Å²) >= 11 is 12.4. The molecule has 0 radical (unpaired) electrons. The highest BCUT2D eigenvalue weighted by atomic mass is 35.5. The van der Waals surface area contributed by atoms with Gasteiger partial charge < -0.3 is 10.6 Å². The van der Waals surface area contributed by atoms with Gasteiger partial charge in [-0.2, -0.15) is 5.10 Å². The van der Waals surface area contributed by atoms with Crippen LogP contribution in [-0.2, 0) is 26.5 Å². The smallest absolute Gasteiger partial charge is 0.291 e. The number of sulfone groups is 1. The third-order valence-corrected chi connectivity index (χ3v) is 6.89. The number of carbonyl (C=O) groups is 2. The zero-order valence-electron chi connectivity index (χ0n) is 16.6. The lowest BCUT2D eigenvalue weighted by molar-refractivity contribution is -0.118. The third kappa shape index (κ3) is 4.48. The Morgan fingerprint density at radius 2 is 1.81 bits per heavy atom. The fourth-order valence-electron chi connectivity index (χ4n) is 2.82. The molecule has 0 spiro atoms. The number of nitrogens with one attached hydrogen (secondary N) is 2. The molecule has 13 heteroatoms. The van der Waals surface area contributed by atoms with Gasteiger partial charge in [0.15, 0.2) is 10.9 Å². The lowest BCUT2D eigenvalue weighted by Gasteiger charge is -2.13. The minimum absolute atomic E-state index is 0.0964. The largest absolute Gasteiger partial charge is 0.319 e. The van der Waals surface area contributed by atoms with Crippen molar-refractivity contribution in [3.05, 3.63) is 44.2 Å². The van der Waals surface area contributed by atoms with Gasteiger partial charge in [-0.15, -0.1) is 0 Å². The number of amidine groups is 1. The third-order valence-electron chi connectivity index (χ3n) is 4.34. The van der Waals surface area contributed by atoms with Crippen molar-refractivity contribution in [3.8, 4) is 0 Å². The zero-order chi connectivity index (χ0) is 23.1. The van der Waals surface area contributed by atoms with E-state index in [1.54, 1.807) is 13.8 Å². The lowest BCUT2D eigenvalue weighted by atomic mass is 10.1. The van der Waals surface area contributed by atoms with Crippen molar-refractivity contribution in [2.45, 2.75) is 29.7 Å². The summed E-state index contributed by atoms with van der Waals surface area (Å²) in [6.07, 6.45) is 0. The highest BCUT2D eigenvalue weighted by molar-refractivity contribution is 7.91. The Balaban J connectivity index is 2.01. The van der Waals surface area contributed by atoms with Gasteiger partial charge in [0, 0.05) is 18.3 Å². The highest BCUT2D eigenvalue weighted by Gasteiger charge is 2.29. The van der Waals surface area contributed by atoms with Crippen LogP contribution < -0.4 is 16.2 Å². The normalized spacial score (nSPS) is 13.9. The summed E-state index contributed by atoms with van der Waals surface area (Å²) in [5, 5.41) is 7.66. The van der Waals surface area contributed by atoms with Gasteiger partial charge in [-0.25, -0.2) is 13.1 Å². The molecular formula is C18H17Cl2N5O5S. The summed E-state index contributed by atoms with van der Waals surface area (Å²) in [5.74, 6) is -1.55. The minimum atomic E-state index is -4.29. The van der Waals surface area contributed by atoms with Crippen LogP contribution in [0.4, 0.5) is 5.69 Å². The Bertz CT molecular complexity index is 1280. The summed E-state index contributed by atoms with van der Waals surface area (Å²) in [7, 11) is -2.95. The molecule has 2 amide bonds. The van der Waals surface area contributed by atoms with Gasteiger partial charge in [-0.05, 0) is 24.1 Å². The quantitative estimate of drug-likeness (QED) is 0.657. The predicted octanol–water partition coefficient (Wildman–Crippen LogP) is 1.51. The van der Waals surface area contributed by atoms with E-state index in [9.17, 15) is 22.8 Å². The number of aliphatic imine (C=N–C) groups is 1.